The molecule has 4 rings (SSSR count). The molecular weight excluding hydrogens is 298 g/mol. The Morgan fingerprint density at radius 3 is 3.18 bits per heavy atom. The lowest BCUT2D eigenvalue weighted by molar-refractivity contribution is 0.0638. The number of aromatic nitrogens is 2. The zero-order valence-electron chi connectivity index (χ0n) is 12.9. The Kier molecular flexibility index (Phi) is 3.55. The minimum atomic E-state index is 0.0280. The monoisotopic (exact) mass is 319 g/mol. The summed E-state index contributed by atoms with van der Waals surface area (Å²) in [5.41, 5.74) is 1.26. The highest BCUT2D eigenvalue weighted by molar-refractivity contribution is 7.16. The van der Waals surface area contributed by atoms with Gasteiger partial charge in [-0.15, -0.1) is 11.3 Å². The first-order chi connectivity index (χ1) is 10.6. The summed E-state index contributed by atoms with van der Waals surface area (Å²) in [5.74, 6) is 0. The van der Waals surface area contributed by atoms with E-state index < -0.39 is 0 Å². The molecule has 1 unspecified atom stereocenters. The first kappa shape index (κ1) is 14.4. The highest BCUT2D eigenvalue weighted by Crippen LogP contribution is 2.37. The summed E-state index contributed by atoms with van der Waals surface area (Å²) in [5, 5.41) is 0. The van der Waals surface area contributed by atoms with Gasteiger partial charge in [0.15, 0.2) is 4.96 Å². The van der Waals surface area contributed by atoms with Crippen molar-refractivity contribution < 1.29 is 4.74 Å². The van der Waals surface area contributed by atoms with E-state index in [1.165, 1.54) is 19.3 Å². The SMILES string of the molecule is Cc1cn2c(=O)cc(CN3CCCC4(CCOC4)C3)nc2s1. The van der Waals surface area contributed by atoms with Crippen LogP contribution in [-0.4, -0.2) is 40.6 Å². The van der Waals surface area contributed by atoms with Gasteiger partial charge in [-0.25, -0.2) is 4.98 Å². The van der Waals surface area contributed by atoms with Crippen LogP contribution in [0.4, 0.5) is 0 Å². The molecular formula is C16H21N3O2S. The Morgan fingerprint density at radius 1 is 1.45 bits per heavy atom. The van der Waals surface area contributed by atoms with Gasteiger partial charge in [0.05, 0.1) is 12.3 Å². The van der Waals surface area contributed by atoms with Crippen molar-refractivity contribution in [3.05, 3.63) is 33.2 Å². The molecule has 0 bridgehead atoms. The Bertz CT molecular complexity index is 745. The van der Waals surface area contributed by atoms with Crippen LogP contribution in [0.25, 0.3) is 4.96 Å². The summed E-state index contributed by atoms with van der Waals surface area (Å²) < 4.78 is 7.27. The zero-order valence-corrected chi connectivity index (χ0v) is 13.7. The van der Waals surface area contributed by atoms with Gasteiger partial charge in [-0.05, 0) is 32.7 Å². The highest BCUT2D eigenvalue weighted by Gasteiger charge is 2.38. The van der Waals surface area contributed by atoms with Crippen LogP contribution in [0.15, 0.2) is 17.1 Å². The van der Waals surface area contributed by atoms with Gasteiger partial charge in [-0.1, -0.05) is 0 Å². The zero-order chi connectivity index (χ0) is 15.2. The fraction of sp³-hybridized carbons (Fsp3) is 0.625. The second kappa shape index (κ2) is 5.44. The number of hydrogen-bond donors (Lipinski definition) is 0. The summed E-state index contributed by atoms with van der Waals surface area (Å²) >= 11 is 1.57. The molecule has 2 aliphatic rings. The predicted molar refractivity (Wildman–Crippen MR) is 86.5 cm³/mol. The molecule has 4 heterocycles. The molecule has 0 aromatic carbocycles. The number of piperidine rings is 1. The maximum absolute atomic E-state index is 12.2. The van der Waals surface area contributed by atoms with E-state index in [0.29, 0.717) is 5.41 Å². The summed E-state index contributed by atoms with van der Waals surface area (Å²) in [6.07, 6.45) is 5.51. The molecule has 2 aromatic heterocycles. The number of nitrogens with zero attached hydrogens (tertiary/aromatic N) is 3. The Balaban J connectivity index is 1.56. The van der Waals surface area contributed by atoms with Crippen LogP contribution < -0.4 is 5.56 Å². The molecule has 118 valence electrons. The van der Waals surface area contributed by atoms with Gasteiger partial charge >= 0.3 is 0 Å². The Hall–Kier alpha value is -1.24. The van der Waals surface area contributed by atoms with Crippen LogP contribution in [0.2, 0.25) is 0 Å². The number of hydrogen-bond acceptors (Lipinski definition) is 5. The number of ether oxygens (including phenoxy) is 1. The van der Waals surface area contributed by atoms with E-state index in [2.05, 4.69) is 9.88 Å². The quantitative estimate of drug-likeness (QED) is 0.850. The highest BCUT2D eigenvalue weighted by atomic mass is 32.1. The van der Waals surface area contributed by atoms with Crippen LogP contribution >= 0.6 is 11.3 Å². The van der Waals surface area contributed by atoms with Crippen molar-refractivity contribution in [1.29, 1.82) is 0 Å². The van der Waals surface area contributed by atoms with Gasteiger partial charge in [0.2, 0.25) is 0 Å². The lowest BCUT2D eigenvalue weighted by Gasteiger charge is -2.39. The van der Waals surface area contributed by atoms with E-state index in [0.717, 1.165) is 48.4 Å². The lowest BCUT2D eigenvalue weighted by Crippen LogP contribution is -2.43. The van der Waals surface area contributed by atoms with Crippen molar-refractivity contribution >= 4 is 16.3 Å². The Morgan fingerprint density at radius 2 is 2.36 bits per heavy atom. The summed E-state index contributed by atoms with van der Waals surface area (Å²) in [7, 11) is 0. The predicted octanol–water partition coefficient (Wildman–Crippen LogP) is 2.07. The Labute approximate surface area is 133 Å². The largest absolute Gasteiger partial charge is 0.381 e. The number of rotatable bonds is 2. The molecule has 0 saturated carbocycles. The second-order valence-electron chi connectivity index (χ2n) is 6.70. The topological polar surface area (TPSA) is 46.8 Å². The molecule has 6 heteroatoms. The van der Waals surface area contributed by atoms with Crippen molar-refractivity contribution in [3.63, 3.8) is 0 Å². The van der Waals surface area contributed by atoms with E-state index in [-0.39, 0.29) is 5.56 Å². The van der Waals surface area contributed by atoms with Crippen molar-refractivity contribution in [2.24, 2.45) is 5.41 Å². The summed E-state index contributed by atoms with van der Waals surface area (Å²) in [6, 6.07) is 1.69. The molecule has 0 amide bonds. The molecule has 5 nitrogen and oxygen atoms in total. The van der Waals surface area contributed by atoms with Crippen LogP contribution in [0.3, 0.4) is 0 Å². The van der Waals surface area contributed by atoms with E-state index in [1.54, 1.807) is 21.8 Å². The fourth-order valence-electron chi connectivity index (χ4n) is 3.78. The molecule has 22 heavy (non-hydrogen) atoms. The number of aryl methyl sites for hydroxylation is 1. The third-order valence-electron chi connectivity index (χ3n) is 4.85. The summed E-state index contributed by atoms with van der Waals surface area (Å²) in [4.78, 5) is 21.2. The van der Waals surface area contributed by atoms with Crippen LogP contribution in [-0.2, 0) is 11.3 Å². The number of thiazole rings is 1. The minimum absolute atomic E-state index is 0.0280. The van der Waals surface area contributed by atoms with Crippen LogP contribution in [0.1, 0.15) is 29.8 Å². The van der Waals surface area contributed by atoms with E-state index in [9.17, 15) is 4.79 Å². The standard InChI is InChI=1S/C16H21N3O2S/c1-12-8-19-14(20)7-13(17-15(19)22-12)9-18-5-2-3-16(10-18)4-6-21-11-16/h7-8H,2-6,9-11H2,1H3. The minimum Gasteiger partial charge on any atom is -0.381 e. The molecule has 0 aliphatic carbocycles. The van der Waals surface area contributed by atoms with Gasteiger partial charge in [0, 0.05) is 42.3 Å². The van der Waals surface area contributed by atoms with Gasteiger partial charge < -0.3 is 4.74 Å². The van der Waals surface area contributed by atoms with Crippen LogP contribution in [0, 0.1) is 12.3 Å². The third-order valence-corrected chi connectivity index (χ3v) is 5.75. The molecule has 0 N–H and O–H groups in total. The molecule has 0 radical (unpaired) electrons. The number of likely N-dealkylation sites (tertiary alicyclic amines) is 1. The molecule has 1 spiro atoms. The average molecular weight is 319 g/mol. The van der Waals surface area contributed by atoms with Crippen molar-refractivity contribution in [3.8, 4) is 0 Å². The van der Waals surface area contributed by atoms with Crippen molar-refractivity contribution in [2.45, 2.75) is 32.7 Å². The van der Waals surface area contributed by atoms with E-state index in [4.69, 9.17) is 4.74 Å². The smallest absolute Gasteiger partial charge is 0.258 e. The van der Waals surface area contributed by atoms with Crippen molar-refractivity contribution in [2.75, 3.05) is 26.3 Å². The van der Waals surface area contributed by atoms with Gasteiger partial charge in [0.1, 0.15) is 0 Å². The molecule has 2 fully saturated rings. The maximum atomic E-state index is 12.2. The fourth-order valence-corrected chi connectivity index (χ4v) is 4.63. The van der Waals surface area contributed by atoms with Gasteiger partial charge in [-0.2, -0.15) is 0 Å². The normalized spacial score (nSPS) is 26.2. The summed E-state index contributed by atoms with van der Waals surface area (Å²) in [6.45, 7) is 6.72. The maximum Gasteiger partial charge on any atom is 0.258 e. The average Bonchev–Trinajstić information content (AvgIpc) is 3.06. The van der Waals surface area contributed by atoms with E-state index in [1.807, 2.05) is 13.1 Å². The lowest BCUT2D eigenvalue weighted by atomic mass is 9.79. The second-order valence-corrected chi connectivity index (χ2v) is 7.91. The van der Waals surface area contributed by atoms with Gasteiger partial charge in [-0.3, -0.25) is 14.1 Å². The van der Waals surface area contributed by atoms with E-state index >= 15 is 0 Å². The molecule has 2 aromatic rings. The first-order valence-electron chi connectivity index (χ1n) is 7.92. The molecule has 1 atom stereocenters. The van der Waals surface area contributed by atoms with Crippen molar-refractivity contribution in [1.82, 2.24) is 14.3 Å². The number of fused-ring (bicyclic) bond motifs is 1. The molecule has 2 saturated heterocycles. The van der Waals surface area contributed by atoms with Gasteiger partial charge in [0.25, 0.3) is 5.56 Å². The first-order valence-corrected chi connectivity index (χ1v) is 8.74. The third kappa shape index (κ3) is 2.59. The molecule has 2 aliphatic heterocycles. The van der Waals surface area contributed by atoms with Crippen LogP contribution in [0.5, 0.6) is 0 Å².